The molecule has 5 aliphatic rings. The smallest absolute Gasteiger partial charge is 0.0595 e. The molecule has 0 amide bonds. The summed E-state index contributed by atoms with van der Waals surface area (Å²) in [6.07, 6.45) is 33.6. The first-order valence-corrected chi connectivity index (χ1v) is 25.3. The highest BCUT2D eigenvalue weighted by atomic mass is 32.1. The van der Waals surface area contributed by atoms with Gasteiger partial charge in [0.05, 0.1) is 12.1 Å². The molecule has 326 valence electrons. The topological polar surface area (TPSA) is 6.48 Å². The van der Waals surface area contributed by atoms with Crippen molar-refractivity contribution in [3.63, 3.8) is 0 Å². The molecule has 0 saturated heterocycles. The van der Waals surface area contributed by atoms with Crippen LogP contribution >= 0.6 is 11.3 Å². The molecule has 1 aromatic heterocycles. The number of fused-ring (bicyclic) bond motifs is 8. The quantitative estimate of drug-likeness (QED) is 0.150. The summed E-state index contributed by atoms with van der Waals surface area (Å²) in [5.41, 5.74) is 16.2. The van der Waals surface area contributed by atoms with Gasteiger partial charge in [0.1, 0.15) is 0 Å². The van der Waals surface area contributed by atoms with Crippen molar-refractivity contribution < 1.29 is 0 Å². The molecule has 12 rings (SSSR count). The normalized spacial score (nSPS) is 22.2. The van der Waals surface area contributed by atoms with E-state index in [1.54, 1.807) is 5.57 Å². The molecule has 0 spiro atoms. The Morgan fingerprint density at radius 2 is 1.32 bits per heavy atom. The number of hydrogen-bond acceptors (Lipinski definition) is 3. The van der Waals surface area contributed by atoms with Crippen molar-refractivity contribution in [1.82, 2.24) is 0 Å². The average molecular weight is 875 g/mol. The minimum absolute atomic E-state index is 0.262. The van der Waals surface area contributed by atoms with Crippen molar-refractivity contribution >= 4 is 76.7 Å². The van der Waals surface area contributed by atoms with Crippen molar-refractivity contribution in [2.45, 2.75) is 83.7 Å². The van der Waals surface area contributed by atoms with Crippen LogP contribution in [0, 0.1) is 11.8 Å². The molecule has 0 radical (unpaired) electrons. The Bertz CT molecular complexity index is 3220. The van der Waals surface area contributed by atoms with E-state index in [1.165, 1.54) is 112 Å². The summed E-state index contributed by atoms with van der Waals surface area (Å²) in [5, 5.41) is 5.55. The Morgan fingerprint density at radius 1 is 0.576 bits per heavy atom. The van der Waals surface area contributed by atoms with Gasteiger partial charge in [-0.1, -0.05) is 148 Å². The van der Waals surface area contributed by atoms with Gasteiger partial charge in [-0.15, -0.1) is 11.3 Å². The predicted molar refractivity (Wildman–Crippen MR) is 287 cm³/mol. The molecule has 7 aromatic rings. The zero-order valence-corrected chi connectivity index (χ0v) is 39.3. The summed E-state index contributed by atoms with van der Waals surface area (Å²) in [6.45, 7) is 7.17. The molecular weight excluding hydrogens is 817 g/mol. The van der Waals surface area contributed by atoms with Crippen molar-refractivity contribution in [1.29, 1.82) is 0 Å². The molecule has 1 heterocycles. The van der Waals surface area contributed by atoms with Crippen LogP contribution in [0.25, 0.3) is 53.7 Å². The molecule has 0 saturated carbocycles. The molecular formula is C63H58N2S. The lowest BCUT2D eigenvalue weighted by atomic mass is 9.81. The summed E-state index contributed by atoms with van der Waals surface area (Å²) in [4.78, 5) is 5.16. The summed E-state index contributed by atoms with van der Waals surface area (Å²) in [5.74, 6) is 1.73. The molecule has 0 N–H and O–H groups in total. The lowest BCUT2D eigenvalue weighted by molar-refractivity contribution is 0.536. The molecule has 0 fully saturated rings. The van der Waals surface area contributed by atoms with E-state index in [9.17, 15) is 0 Å². The zero-order valence-electron chi connectivity index (χ0n) is 38.5. The van der Waals surface area contributed by atoms with E-state index in [-0.39, 0.29) is 12.1 Å². The van der Waals surface area contributed by atoms with Crippen LogP contribution in [0.2, 0.25) is 0 Å². The number of para-hydroxylation sites is 1. The van der Waals surface area contributed by atoms with Crippen molar-refractivity contribution in [2.24, 2.45) is 11.8 Å². The van der Waals surface area contributed by atoms with Crippen LogP contribution in [0.1, 0.15) is 88.3 Å². The van der Waals surface area contributed by atoms with E-state index < -0.39 is 0 Å². The van der Waals surface area contributed by atoms with Crippen LogP contribution in [-0.4, -0.2) is 12.1 Å². The third-order valence-corrected chi connectivity index (χ3v) is 16.3. The maximum absolute atomic E-state index is 2.64. The number of rotatable bonds is 8. The number of nitrogens with zero attached hydrogens (tertiary/aromatic N) is 2. The van der Waals surface area contributed by atoms with E-state index in [0.29, 0.717) is 11.8 Å². The summed E-state index contributed by atoms with van der Waals surface area (Å²) < 4.78 is 2.74. The van der Waals surface area contributed by atoms with Gasteiger partial charge in [0.25, 0.3) is 0 Å². The third-order valence-electron chi connectivity index (χ3n) is 15.2. The van der Waals surface area contributed by atoms with Gasteiger partial charge in [-0.2, -0.15) is 0 Å². The number of thiophene rings is 1. The van der Waals surface area contributed by atoms with Gasteiger partial charge in [-0.3, -0.25) is 0 Å². The summed E-state index contributed by atoms with van der Waals surface area (Å²) >= 11 is 1.97. The van der Waals surface area contributed by atoms with Gasteiger partial charge >= 0.3 is 0 Å². The Labute approximate surface area is 395 Å². The number of benzene rings is 6. The maximum atomic E-state index is 2.64. The first-order chi connectivity index (χ1) is 32.4. The standard InChI is InChI=1S/C63H58N2S/c1-41-13-10-16-47(37-41)44-25-30-51(31-26-44)64(49-17-6-4-7-18-49)52-32-27-45(28-33-52)48-29-35-55-60(39-48)66-63-54-36-34-53(40-58(54)61-43(3)14-11-21-56(61)62(55)63)65(50-19-8-5-9-20-50)59-22-12-15-46-24-23-42(2)38-57(46)59/h4-9,11-12,15-17,19-21,23-36,39-43,49,59H,10,13-14,18,22,37-38H2,1-3H3. The monoisotopic (exact) mass is 874 g/mol. The number of anilines is 4. The van der Waals surface area contributed by atoms with Gasteiger partial charge in [-0.05, 0) is 167 Å². The summed E-state index contributed by atoms with van der Waals surface area (Å²) in [7, 11) is 0. The number of allylic oxidation sites excluding steroid dienone is 9. The van der Waals surface area contributed by atoms with Gasteiger partial charge in [0, 0.05) is 48.3 Å². The van der Waals surface area contributed by atoms with Crippen molar-refractivity contribution in [2.75, 3.05) is 9.80 Å². The van der Waals surface area contributed by atoms with E-state index in [1.807, 2.05) is 11.3 Å². The minimum atomic E-state index is 0.262. The predicted octanol–water partition coefficient (Wildman–Crippen LogP) is 18.0. The fraction of sp³-hybridized carbons (Fsp3) is 0.238. The largest absolute Gasteiger partial charge is 0.334 e. The lowest BCUT2D eigenvalue weighted by Gasteiger charge is -2.39. The molecule has 3 heteroatoms. The summed E-state index contributed by atoms with van der Waals surface area (Å²) in [6, 6.07) is 44.9. The second-order valence-corrected chi connectivity index (χ2v) is 20.7. The minimum Gasteiger partial charge on any atom is -0.334 e. The van der Waals surface area contributed by atoms with E-state index >= 15 is 0 Å². The Hall–Kier alpha value is -6.42. The maximum Gasteiger partial charge on any atom is 0.0595 e. The first kappa shape index (κ1) is 41.0. The molecule has 5 atom stereocenters. The van der Waals surface area contributed by atoms with E-state index in [4.69, 9.17) is 0 Å². The Kier molecular flexibility index (Phi) is 10.6. The van der Waals surface area contributed by atoms with Crippen LogP contribution in [0.4, 0.5) is 22.7 Å². The van der Waals surface area contributed by atoms with Crippen LogP contribution in [0.15, 0.2) is 187 Å². The molecule has 6 aromatic carbocycles. The van der Waals surface area contributed by atoms with Gasteiger partial charge in [-0.25, -0.2) is 0 Å². The first-order valence-electron chi connectivity index (χ1n) is 24.5. The van der Waals surface area contributed by atoms with Crippen molar-refractivity contribution in [3.05, 3.63) is 204 Å². The van der Waals surface area contributed by atoms with E-state index in [2.05, 4.69) is 213 Å². The fourth-order valence-corrected chi connectivity index (χ4v) is 13.1. The van der Waals surface area contributed by atoms with Crippen LogP contribution < -0.4 is 9.80 Å². The highest BCUT2D eigenvalue weighted by Crippen LogP contribution is 2.50. The molecule has 66 heavy (non-hydrogen) atoms. The molecule has 0 bridgehead atoms. The molecule has 5 unspecified atom stereocenters. The third kappa shape index (κ3) is 7.33. The SMILES string of the molecule is CC1C=CC2=C(C1)C(N(c1ccccc1)c1ccc3c(c1)c1c(c4c5ccc(-c6ccc(N(c7ccc(C8=CCCC(C)C8)cc7)C7C=CC=CC7)cc6)cc5sc34)C=CCC1C)CC=C2. The van der Waals surface area contributed by atoms with Crippen molar-refractivity contribution in [3.8, 4) is 11.1 Å². The molecule has 2 nitrogen and oxygen atoms in total. The van der Waals surface area contributed by atoms with Crippen LogP contribution in [0.5, 0.6) is 0 Å². The average Bonchev–Trinajstić information content (AvgIpc) is 3.75. The number of hydrogen-bond donors (Lipinski definition) is 0. The fourth-order valence-electron chi connectivity index (χ4n) is 11.8. The van der Waals surface area contributed by atoms with E-state index in [0.717, 1.165) is 31.6 Å². The highest BCUT2D eigenvalue weighted by molar-refractivity contribution is 7.26. The second kappa shape index (κ2) is 17.1. The van der Waals surface area contributed by atoms with Gasteiger partial charge in [0.15, 0.2) is 0 Å². The Morgan fingerprint density at radius 3 is 2.11 bits per heavy atom. The second-order valence-electron chi connectivity index (χ2n) is 19.7. The van der Waals surface area contributed by atoms with Crippen LogP contribution in [0.3, 0.4) is 0 Å². The molecule has 5 aliphatic carbocycles. The Balaban J connectivity index is 0.922. The van der Waals surface area contributed by atoms with Gasteiger partial charge in [0.2, 0.25) is 0 Å². The molecule has 0 aliphatic heterocycles. The van der Waals surface area contributed by atoms with Gasteiger partial charge < -0.3 is 9.80 Å². The highest BCUT2D eigenvalue weighted by Gasteiger charge is 2.31. The van der Waals surface area contributed by atoms with Crippen LogP contribution in [-0.2, 0) is 0 Å². The zero-order chi connectivity index (χ0) is 44.3. The lowest BCUT2D eigenvalue weighted by Crippen LogP contribution is -2.35.